The van der Waals surface area contributed by atoms with Gasteiger partial charge in [0.2, 0.25) is 0 Å². The molecule has 50 heavy (non-hydrogen) atoms. The van der Waals surface area contributed by atoms with Gasteiger partial charge in [-0.25, -0.2) is 4.99 Å². The molecule has 1 N–H and O–H groups in total. The van der Waals surface area contributed by atoms with Gasteiger partial charge in [0.1, 0.15) is 5.84 Å². The Morgan fingerprint density at radius 3 is 2.00 bits per heavy atom. The van der Waals surface area contributed by atoms with Crippen molar-refractivity contribution in [3.63, 3.8) is 0 Å². The molecule has 236 valence electrons. The van der Waals surface area contributed by atoms with E-state index in [9.17, 15) is 0 Å². The molecule has 0 amide bonds. The fourth-order valence-corrected chi connectivity index (χ4v) is 7.59. The van der Waals surface area contributed by atoms with Crippen LogP contribution in [0.15, 0.2) is 181 Å². The number of aromatic nitrogens is 3. The fraction of sp³-hybridized carbons (Fsp3) is 0.0222. The Labute approximate surface area is 289 Å². The number of hydrogen-bond acceptors (Lipinski definition) is 3. The number of pyridine rings is 1. The molecule has 6 aromatic carbocycles. The minimum absolute atomic E-state index is 0.0986. The lowest BCUT2D eigenvalue weighted by Gasteiger charge is -2.28. The third-order valence-electron chi connectivity index (χ3n) is 9.88. The number of rotatable bonds is 5. The standard InChI is InChI=1S/C45H31N5/c1-4-13-30(14-5-1)43-42(29-47-45(48-43)31-15-6-2-7-16-31)50-38-20-11-10-19-35(38)37-27-32(23-25-39(37)50)33-22-24-36-41(28-33)49(34-17-8-3-9-18-34)40-21-12-26-46-44(36)40/h1-29,43H,(H,47,48). The monoisotopic (exact) mass is 641 g/mol. The van der Waals surface area contributed by atoms with Gasteiger partial charge in [0, 0.05) is 33.6 Å². The maximum absolute atomic E-state index is 4.99. The molecule has 3 aromatic heterocycles. The lowest BCUT2D eigenvalue weighted by atomic mass is 10.0. The molecule has 1 atom stereocenters. The summed E-state index contributed by atoms with van der Waals surface area (Å²) in [6.45, 7) is 0. The van der Waals surface area contributed by atoms with E-state index in [0.717, 1.165) is 61.3 Å². The highest BCUT2D eigenvalue weighted by atomic mass is 15.1. The highest BCUT2D eigenvalue weighted by molar-refractivity contribution is 6.13. The maximum Gasteiger partial charge on any atom is 0.134 e. The van der Waals surface area contributed by atoms with E-state index in [1.54, 1.807) is 0 Å². The second kappa shape index (κ2) is 11.5. The molecule has 4 heterocycles. The summed E-state index contributed by atoms with van der Waals surface area (Å²) in [5, 5.41) is 7.34. The Morgan fingerprint density at radius 2 is 1.16 bits per heavy atom. The van der Waals surface area contributed by atoms with Crippen LogP contribution < -0.4 is 5.32 Å². The first-order chi connectivity index (χ1) is 24.8. The highest BCUT2D eigenvalue weighted by Gasteiger charge is 2.26. The molecule has 0 bridgehead atoms. The van der Waals surface area contributed by atoms with Crippen LogP contribution in [0.3, 0.4) is 0 Å². The zero-order valence-electron chi connectivity index (χ0n) is 27.1. The number of para-hydroxylation sites is 2. The van der Waals surface area contributed by atoms with Crippen LogP contribution in [-0.2, 0) is 0 Å². The van der Waals surface area contributed by atoms with Crippen molar-refractivity contribution in [2.45, 2.75) is 6.04 Å². The van der Waals surface area contributed by atoms with Crippen molar-refractivity contribution in [1.29, 1.82) is 0 Å². The Bertz CT molecular complexity index is 2770. The van der Waals surface area contributed by atoms with Gasteiger partial charge >= 0.3 is 0 Å². The third-order valence-corrected chi connectivity index (χ3v) is 9.88. The second-order valence-corrected chi connectivity index (χ2v) is 12.7. The second-order valence-electron chi connectivity index (χ2n) is 12.7. The van der Waals surface area contributed by atoms with Crippen LogP contribution in [-0.4, -0.2) is 20.0 Å². The Kier molecular flexibility index (Phi) is 6.49. The average Bonchev–Trinajstić information content (AvgIpc) is 3.71. The van der Waals surface area contributed by atoms with Gasteiger partial charge in [-0.15, -0.1) is 0 Å². The van der Waals surface area contributed by atoms with Gasteiger partial charge in [0.05, 0.1) is 45.5 Å². The van der Waals surface area contributed by atoms with Crippen molar-refractivity contribution >= 4 is 55.3 Å². The van der Waals surface area contributed by atoms with E-state index >= 15 is 0 Å². The number of nitrogens with zero attached hydrogens (tertiary/aromatic N) is 4. The van der Waals surface area contributed by atoms with Gasteiger partial charge in [-0.05, 0) is 71.3 Å². The number of nitrogens with one attached hydrogen (secondary N) is 1. The lowest BCUT2D eigenvalue weighted by Crippen LogP contribution is -2.33. The first kappa shape index (κ1) is 28.3. The summed E-state index contributed by atoms with van der Waals surface area (Å²) in [6, 6.07) is 57.9. The summed E-state index contributed by atoms with van der Waals surface area (Å²) in [5.74, 6) is 0.866. The van der Waals surface area contributed by atoms with E-state index in [-0.39, 0.29) is 6.04 Å². The molecule has 0 saturated heterocycles. The summed E-state index contributed by atoms with van der Waals surface area (Å²) in [7, 11) is 0. The van der Waals surface area contributed by atoms with Crippen molar-refractivity contribution in [1.82, 2.24) is 19.4 Å². The molecular weight excluding hydrogens is 611 g/mol. The maximum atomic E-state index is 4.99. The van der Waals surface area contributed by atoms with E-state index < -0.39 is 0 Å². The summed E-state index contributed by atoms with van der Waals surface area (Å²) in [4.78, 5) is 9.77. The Morgan fingerprint density at radius 1 is 0.480 bits per heavy atom. The quantitative estimate of drug-likeness (QED) is 0.203. The van der Waals surface area contributed by atoms with Crippen LogP contribution in [0.4, 0.5) is 0 Å². The smallest absolute Gasteiger partial charge is 0.134 e. The topological polar surface area (TPSA) is 47.1 Å². The van der Waals surface area contributed by atoms with Crippen molar-refractivity contribution in [2.75, 3.05) is 0 Å². The fourth-order valence-electron chi connectivity index (χ4n) is 7.59. The zero-order valence-corrected chi connectivity index (χ0v) is 27.1. The molecule has 9 aromatic rings. The predicted octanol–water partition coefficient (Wildman–Crippen LogP) is 10.5. The number of hydrogen-bond donors (Lipinski definition) is 1. The van der Waals surface area contributed by atoms with Crippen LogP contribution in [0.1, 0.15) is 17.2 Å². The minimum Gasteiger partial charge on any atom is -0.357 e. The van der Waals surface area contributed by atoms with E-state index in [0.29, 0.717) is 0 Å². The number of amidine groups is 1. The first-order valence-corrected chi connectivity index (χ1v) is 17.0. The van der Waals surface area contributed by atoms with Crippen LogP contribution >= 0.6 is 0 Å². The Hall–Kier alpha value is -6.72. The number of benzene rings is 6. The molecule has 0 aliphatic carbocycles. The molecule has 0 radical (unpaired) electrons. The lowest BCUT2D eigenvalue weighted by molar-refractivity contribution is 0.762. The molecular formula is C45H31N5. The average molecular weight is 642 g/mol. The number of aliphatic imine (C=N–C) groups is 1. The van der Waals surface area contributed by atoms with Crippen molar-refractivity contribution in [3.05, 3.63) is 187 Å². The molecule has 5 nitrogen and oxygen atoms in total. The van der Waals surface area contributed by atoms with Gasteiger partial charge in [-0.2, -0.15) is 0 Å². The van der Waals surface area contributed by atoms with Gasteiger partial charge in [0.25, 0.3) is 0 Å². The molecule has 0 fully saturated rings. The highest BCUT2D eigenvalue weighted by Crippen LogP contribution is 2.40. The van der Waals surface area contributed by atoms with Crippen LogP contribution in [0.5, 0.6) is 0 Å². The van der Waals surface area contributed by atoms with Crippen molar-refractivity contribution in [2.24, 2.45) is 4.99 Å². The molecule has 1 aliphatic rings. The van der Waals surface area contributed by atoms with Gasteiger partial charge < -0.3 is 14.5 Å². The first-order valence-electron chi connectivity index (χ1n) is 17.0. The van der Waals surface area contributed by atoms with Gasteiger partial charge in [-0.1, -0.05) is 109 Å². The Balaban J connectivity index is 1.16. The summed E-state index contributed by atoms with van der Waals surface area (Å²) >= 11 is 0. The molecule has 0 spiro atoms. The van der Waals surface area contributed by atoms with Gasteiger partial charge in [-0.3, -0.25) is 4.98 Å². The van der Waals surface area contributed by atoms with Crippen LogP contribution in [0.25, 0.3) is 66.3 Å². The normalized spacial score (nSPS) is 14.6. The zero-order chi connectivity index (χ0) is 33.0. The SMILES string of the molecule is C1=C(n2c3ccccc3c3cc(-c4ccc5c6ncccc6n(-c6ccccc6)c5c4)ccc32)C(c2ccccc2)NC(c2ccccc2)=N1. The molecule has 5 heteroatoms. The molecule has 0 saturated carbocycles. The number of fused-ring (bicyclic) bond motifs is 6. The molecule has 1 unspecified atom stereocenters. The van der Waals surface area contributed by atoms with Crippen molar-refractivity contribution < 1.29 is 0 Å². The van der Waals surface area contributed by atoms with Crippen LogP contribution in [0.2, 0.25) is 0 Å². The molecule has 1 aliphatic heterocycles. The summed E-state index contributed by atoms with van der Waals surface area (Å²) < 4.78 is 4.70. The largest absolute Gasteiger partial charge is 0.357 e. The van der Waals surface area contributed by atoms with E-state index in [4.69, 9.17) is 9.98 Å². The predicted molar refractivity (Wildman–Crippen MR) is 207 cm³/mol. The van der Waals surface area contributed by atoms with Gasteiger partial charge in [0.15, 0.2) is 0 Å². The molecule has 10 rings (SSSR count). The minimum atomic E-state index is -0.0986. The van der Waals surface area contributed by atoms with Crippen LogP contribution in [0, 0.1) is 0 Å². The van der Waals surface area contributed by atoms with E-state index in [1.165, 1.54) is 21.9 Å². The summed E-state index contributed by atoms with van der Waals surface area (Å²) in [6.07, 6.45) is 3.92. The third kappa shape index (κ3) is 4.48. The van der Waals surface area contributed by atoms with E-state index in [2.05, 4.69) is 166 Å². The van der Waals surface area contributed by atoms with E-state index in [1.807, 2.05) is 24.5 Å². The summed E-state index contributed by atoms with van der Waals surface area (Å²) in [5.41, 5.74) is 12.3. The van der Waals surface area contributed by atoms with Crippen molar-refractivity contribution in [3.8, 4) is 16.8 Å².